The maximum atomic E-state index is 11.9. The van der Waals surface area contributed by atoms with E-state index in [0.29, 0.717) is 6.42 Å². The highest BCUT2D eigenvalue weighted by Gasteiger charge is 2.36. The second-order valence-corrected chi connectivity index (χ2v) is 4.19. The topological polar surface area (TPSA) is 52.6 Å². The zero-order valence-corrected chi connectivity index (χ0v) is 10.8. The summed E-state index contributed by atoms with van der Waals surface area (Å²) >= 11 is 0. The zero-order chi connectivity index (χ0) is 14.3. The van der Waals surface area contributed by atoms with Crippen molar-refractivity contribution in [3.63, 3.8) is 0 Å². The Morgan fingerprint density at radius 3 is 2.37 bits per heavy atom. The summed E-state index contributed by atoms with van der Waals surface area (Å²) in [5.41, 5.74) is 0.785. The summed E-state index contributed by atoms with van der Waals surface area (Å²) in [5.74, 6) is -2.12. The van der Waals surface area contributed by atoms with Crippen LogP contribution in [0.4, 0.5) is 0 Å². The molecule has 0 saturated heterocycles. The van der Waals surface area contributed by atoms with Crippen LogP contribution in [0.3, 0.4) is 0 Å². The van der Waals surface area contributed by atoms with Gasteiger partial charge < -0.3 is 9.47 Å². The molecule has 0 aromatic rings. The van der Waals surface area contributed by atoms with Gasteiger partial charge in [0.2, 0.25) is 0 Å². The van der Waals surface area contributed by atoms with Gasteiger partial charge >= 0.3 is 11.9 Å². The molecule has 0 aromatic heterocycles. The van der Waals surface area contributed by atoms with E-state index in [2.05, 4.69) is 19.7 Å². The highest BCUT2D eigenvalue weighted by Crippen LogP contribution is 2.29. The Labute approximate surface area is 113 Å². The molecule has 19 heavy (non-hydrogen) atoms. The maximum Gasteiger partial charge on any atom is 0.314 e. The lowest BCUT2D eigenvalue weighted by molar-refractivity contribution is -0.157. The second kappa shape index (κ2) is 7.36. The highest BCUT2D eigenvalue weighted by atomic mass is 16.5. The maximum absolute atomic E-state index is 11.9. The number of esters is 2. The van der Waals surface area contributed by atoms with Crippen LogP contribution in [-0.2, 0) is 19.1 Å². The van der Waals surface area contributed by atoms with Gasteiger partial charge in [0.1, 0.15) is 13.2 Å². The van der Waals surface area contributed by atoms with Gasteiger partial charge in [0, 0.05) is 0 Å². The SMILES string of the molecule is C=CCOC(=O)C1C=CC(=C)CC1C(=O)OCC=C. The van der Waals surface area contributed by atoms with Crippen molar-refractivity contribution in [2.24, 2.45) is 11.8 Å². The fourth-order valence-electron chi connectivity index (χ4n) is 1.81. The van der Waals surface area contributed by atoms with Crippen molar-refractivity contribution in [1.29, 1.82) is 0 Å². The Bertz CT molecular complexity index is 420. The van der Waals surface area contributed by atoms with Gasteiger partial charge in [0.25, 0.3) is 0 Å². The number of carbonyl (C=O) groups is 2. The summed E-state index contributed by atoms with van der Waals surface area (Å²) in [5, 5.41) is 0. The van der Waals surface area contributed by atoms with Crippen LogP contribution in [0, 0.1) is 11.8 Å². The minimum atomic E-state index is -0.636. The molecule has 0 heterocycles. The lowest BCUT2D eigenvalue weighted by Gasteiger charge is -2.25. The molecule has 2 atom stereocenters. The number of rotatable bonds is 6. The van der Waals surface area contributed by atoms with Crippen molar-refractivity contribution in [2.45, 2.75) is 6.42 Å². The second-order valence-electron chi connectivity index (χ2n) is 4.19. The molecule has 102 valence electrons. The van der Waals surface area contributed by atoms with Gasteiger partial charge in [-0.15, -0.1) is 0 Å². The molecule has 1 rings (SSSR count). The molecule has 0 saturated carbocycles. The molecule has 0 aromatic carbocycles. The molecule has 0 fully saturated rings. The summed E-state index contributed by atoms with van der Waals surface area (Å²) < 4.78 is 9.99. The van der Waals surface area contributed by atoms with Gasteiger partial charge in [-0.25, -0.2) is 0 Å². The standard InChI is InChI=1S/C15H18O4/c1-4-8-18-14(16)12-7-6-11(3)10-13(12)15(17)19-9-5-2/h4-7,12-13H,1-3,8-10H2. The fourth-order valence-corrected chi connectivity index (χ4v) is 1.81. The number of allylic oxidation sites excluding steroid dienone is 2. The molecule has 0 radical (unpaired) electrons. The Balaban J connectivity index is 2.78. The molecular formula is C15H18O4. The zero-order valence-electron chi connectivity index (χ0n) is 10.8. The van der Waals surface area contributed by atoms with E-state index < -0.39 is 23.8 Å². The van der Waals surface area contributed by atoms with E-state index in [1.807, 2.05) is 0 Å². The molecule has 1 aliphatic carbocycles. The first-order chi connectivity index (χ1) is 9.10. The predicted molar refractivity (Wildman–Crippen MR) is 72.2 cm³/mol. The minimum absolute atomic E-state index is 0.124. The van der Waals surface area contributed by atoms with Crippen molar-refractivity contribution in [2.75, 3.05) is 13.2 Å². The van der Waals surface area contributed by atoms with E-state index in [4.69, 9.17) is 9.47 Å². The summed E-state index contributed by atoms with van der Waals surface area (Å²) in [4.78, 5) is 23.8. The number of ether oxygens (including phenoxy) is 2. The van der Waals surface area contributed by atoms with E-state index in [-0.39, 0.29) is 13.2 Å². The molecule has 4 heteroatoms. The van der Waals surface area contributed by atoms with Crippen LogP contribution in [0.15, 0.2) is 49.6 Å². The van der Waals surface area contributed by atoms with Crippen LogP contribution >= 0.6 is 0 Å². The number of carbonyl (C=O) groups excluding carboxylic acids is 2. The third kappa shape index (κ3) is 4.25. The Morgan fingerprint density at radius 2 is 1.79 bits per heavy atom. The van der Waals surface area contributed by atoms with Crippen LogP contribution in [0.25, 0.3) is 0 Å². The van der Waals surface area contributed by atoms with Gasteiger partial charge in [-0.1, -0.05) is 49.6 Å². The quantitative estimate of drug-likeness (QED) is 0.544. The molecule has 0 bridgehead atoms. The van der Waals surface area contributed by atoms with Crippen molar-refractivity contribution >= 4 is 11.9 Å². The van der Waals surface area contributed by atoms with E-state index in [9.17, 15) is 9.59 Å². The first-order valence-electron chi connectivity index (χ1n) is 6.01. The smallest absolute Gasteiger partial charge is 0.314 e. The molecule has 1 aliphatic rings. The minimum Gasteiger partial charge on any atom is -0.461 e. The van der Waals surface area contributed by atoms with Crippen LogP contribution in [0.2, 0.25) is 0 Å². The van der Waals surface area contributed by atoms with Crippen LogP contribution in [0.5, 0.6) is 0 Å². The summed E-state index contributed by atoms with van der Waals surface area (Å²) in [6, 6.07) is 0. The van der Waals surface area contributed by atoms with Crippen LogP contribution in [-0.4, -0.2) is 25.2 Å². The van der Waals surface area contributed by atoms with Gasteiger partial charge in [0.05, 0.1) is 11.8 Å². The van der Waals surface area contributed by atoms with Crippen molar-refractivity contribution in [3.05, 3.63) is 49.6 Å². The third-order valence-electron chi connectivity index (χ3n) is 2.72. The third-order valence-corrected chi connectivity index (χ3v) is 2.72. The van der Waals surface area contributed by atoms with Gasteiger partial charge in [-0.2, -0.15) is 0 Å². The summed E-state index contributed by atoms with van der Waals surface area (Å²) in [7, 11) is 0. The van der Waals surface area contributed by atoms with E-state index in [1.165, 1.54) is 12.2 Å². The highest BCUT2D eigenvalue weighted by molar-refractivity contribution is 5.84. The lowest BCUT2D eigenvalue weighted by atomic mass is 9.82. The van der Waals surface area contributed by atoms with E-state index in [0.717, 1.165) is 5.57 Å². The summed E-state index contributed by atoms with van der Waals surface area (Å²) in [6.07, 6.45) is 6.72. The van der Waals surface area contributed by atoms with Crippen molar-refractivity contribution in [3.8, 4) is 0 Å². The number of hydrogen-bond acceptors (Lipinski definition) is 4. The largest absolute Gasteiger partial charge is 0.461 e. The van der Waals surface area contributed by atoms with Crippen molar-refractivity contribution < 1.29 is 19.1 Å². The molecule has 2 unspecified atom stereocenters. The molecule has 0 aliphatic heterocycles. The van der Waals surface area contributed by atoms with Crippen LogP contribution in [0.1, 0.15) is 6.42 Å². The number of hydrogen-bond donors (Lipinski definition) is 0. The monoisotopic (exact) mass is 262 g/mol. The van der Waals surface area contributed by atoms with E-state index >= 15 is 0 Å². The normalized spacial score (nSPS) is 21.6. The average Bonchev–Trinajstić information content (AvgIpc) is 2.41. The summed E-state index contributed by atoms with van der Waals surface area (Å²) in [6.45, 7) is 11.0. The van der Waals surface area contributed by atoms with Gasteiger partial charge in [-0.05, 0) is 6.42 Å². The van der Waals surface area contributed by atoms with Crippen molar-refractivity contribution in [1.82, 2.24) is 0 Å². The molecule has 4 nitrogen and oxygen atoms in total. The molecule has 0 N–H and O–H groups in total. The first kappa shape index (κ1) is 15.0. The molecule has 0 spiro atoms. The Morgan fingerprint density at radius 1 is 1.21 bits per heavy atom. The van der Waals surface area contributed by atoms with Gasteiger partial charge in [0.15, 0.2) is 0 Å². The Kier molecular flexibility index (Phi) is 5.79. The Hall–Kier alpha value is -2.10. The van der Waals surface area contributed by atoms with Gasteiger partial charge in [-0.3, -0.25) is 9.59 Å². The van der Waals surface area contributed by atoms with E-state index in [1.54, 1.807) is 12.2 Å². The average molecular weight is 262 g/mol. The lowest BCUT2D eigenvalue weighted by Crippen LogP contribution is -2.33. The fraction of sp³-hybridized carbons (Fsp3) is 0.333. The first-order valence-corrected chi connectivity index (χ1v) is 6.01. The van der Waals surface area contributed by atoms with Crippen LogP contribution < -0.4 is 0 Å². The molecular weight excluding hydrogens is 244 g/mol. The molecule has 0 amide bonds. The predicted octanol–water partition coefficient (Wildman–Crippen LogP) is 2.19.